The average Bonchev–Trinajstić information content (AvgIpc) is 3.36. The first-order chi connectivity index (χ1) is 23.8. The van der Waals surface area contributed by atoms with E-state index in [4.69, 9.17) is 9.47 Å². The van der Waals surface area contributed by atoms with Gasteiger partial charge in [-0.1, -0.05) is 37.6 Å². The molecule has 292 valence electrons. The number of ether oxygens (including phenoxy) is 3. The summed E-state index contributed by atoms with van der Waals surface area (Å²) in [5.41, 5.74) is -3.90. The third-order valence-corrected chi connectivity index (χ3v) is 12.1. The van der Waals surface area contributed by atoms with Crippen LogP contribution in [0.15, 0.2) is 18.2 Å². The SMILES string of the molecule is CC(=O)SCCCCCCN(C)CCOc1ccc2c(c1)CC[C@@H]1[C@@H]2CC[C@]2(C)[C@@H](OCCCOC(C(F)(F)F)(C(F)(F)F)C(F)(F)F)CC[C@@H]12. The number of unbranched alkanes of at least 4 members (excludes halogenated alkanes) is 3. The molecule has 0 unspecified atom stereocenters. The molecule has 5 atom stereocenters. The number of alkyl halides is 9. The molecule has 1 aromatic rings. The minimum Gasteiger partial charge on any atom is -0.492 e. The smallest absolute Gasteiger partial charge is 0.435 e. The van der Waals surface area contributed by atoms with Crippen molar-refractivity contribution >= 4 is 16.9 Å². The molecule has 3 aliphatic rings. The molecule has 0 amide bonds. The van der Waals surface area contributed by atoms with Gasteiger partial charge in [-0.05, 0) is 118 Å². The lowest BCUT2D eigenvalue weighted by atomic mass is 9.55. The van der Waals surface area contributed by atoms with Crippen LogP contribution < -0.4 is 4.74 Å². The Morgan fingerprint density at radius 3 is 2.22 bits per heavy atom. The molecular formula is C36H50F9NO4S. The molecule has 51 heavy (non-hydrogen) atoms. The number of benzene rings is 1. The number of carbonyl (C=O) groups is 1. The van der Waals surface area contributed by atoms with Crippen molar-refractivity contribution in [3.05, 3.63) is 29.3 Å². The predicted octanol–water partition coefficient (Wildman–Crippen LogP) is 9.91. The highest BCUT2D eigenvalue weighted by Gasteiger charge is 2.85. The summed E-state index contributed by atoms with van der Waals surface area (Å²) in [5.74, 6) is 2.80. The number of hydrogen-bond acceptors (Lipinski definition) is 6. The molecule has 0 heterocycles. The average molecular weight is 764 g/mol. The quantitative estimate of drug-likeness (QED) is 0.116. The van der Waals surface area contributed by atoms with Gasteiger partial charge >= 0.3 is 24.1 Å². The summed E-state index contributed by atoms with van der Waals surface area (Å²) in [4.78, 5) is 13.3. The van der Waals surface area contributed by atoms with Crippen molar-refractivity contribution in [2.45, 2.75) is 121 Å². The van der Waals surface area contributed by atoms with Crippen LogP contribution in [0.3, 0.4) is 0 Å². The molecule has 0 bridgehead atoms. The number of thioether (sulfide) groups is 1. The molecule has 0 saturated heterocycles. The molecule has 0 spiro atoms. The van der Waals surface area contributed by atoms with Gasteiger partial charge in [0.25, 0.3) is 0 Å². The normalized spacial score (nSPS) is 25.4. The Hall–Kier alpha value is -1.71. The third kappa shape index (κ3) is 9.70. The van der Waals surface area contributed by atoms with Gasteiger partial charge in [0.15, 0.2) is 5.12 Å². The zero-order chi connectivity index (χ0) is 37.7. The largest absolute Gasteiger partial charge is 0.492 e. The molecule has 0 aliphatic heterocycles. The molecule has 0 N–H and O–H groups in total. The summed E-state index contributed by atoms with van der Waals surface area (Å²) in [6.45, 7) is 4.37. The highest BCUT2D eigenvalue weighted by atomic mass is 32.2. The first-order valence-corrected chi connectivity index (χ1v) is 18.8. The third-order valence-electron chi connectivity index (χ3n) is 11.2. The van der Waals surface area contributed by atoms with Gasteiger partial charge in [-0.15, -0.1) is 0 Å². The minimum atomic E-state index is -6.74. The summed E-state index contributed by atoms with van der Waals surface area (Å²) >= 11 is 1.38. The van der Waals surface area contributed by atoms with Crippen LogP contribution in [0.5, 0.6) is 5.75 Å². The lowest BCUT2D eigenvalue weighted by Crippen LogP contribution is -2.67. The Balaban J connectivity index is 1.23. The van der Waals surface area contributed by atoms with Gasteiger partial charge in [-0.25, -0.2) is 0 Å². The lowest BCUT2D eigenvalue weighted by molar-refractivity contribution is -0.457. The maximum atomic E-state index is 13.2. The number of fused-ring (bicyclic) bond motifs is 5. The number of hydrogen-bond donors (Lipinski definition) is 0. The fourth-order valence-corrected chi connectivity index (χ4v) is 9.23. The minimum absolute atomic E-state index is 0.168. The van der Waals surface area contributed by atoms with E-state index in [1.807, 2.05) is 6.07 Å². The Morgan fingerprint density at radius 1 is 0.863 bits per heavy atom. The van der Waals surface area contributed by atoms with Crippen LogP contribution in [0.25, 0.3) is 0 Å². The summed E-state index contributed by atoms with van der Waals surface area (Å²) in [7, 11) is 2.09. The molecule has 2 fully saturated rings. The second kappa shape index (κ2) is 17.2. The van der Waals surface area contributed by atoms with E-state index >= 15 is 0 Å². The zero-order valence-electron chi connectivity index (χ0n) is 29.5. The number of carbonyl (C=O) groups excluding carboxylic acids is 1. The molecule has 1 aromatic carbocycles. The number of aryl methyl sites for hydroxylation is 1. The lowest BCUT2D eigenvalue weighted by Gasteiger charge is -2.50. The highest BCUT2D eigenvalue weighted by molar-refractivity contribution is 8.13. The van der Waals surface area contributed by atoms with Crippen LogP contribution in [-0.2, 0) is 20.7 Å². The maximum Gasteiger partial charge on any atom is 0.435 e. The number of rotatable bonds is 17. The molecule has 2 saturated carbocycles. The molecule has 0 aromatic heterocycles. The Kier molecular flexibility index (Phi) is 14.2. The van der Waals surface area contributed by atoms with Crippen molar-refractivity contribution in [1.29, 1.82) is 0 Å². The van der Waals surface area contributed by atoms with Crippen LogP contribution in [0.4, 0.5) is 39.5 Å². The van der Waals surface area contributed by atoms with Gasteiger partial charge in [0.05, 0.1) is 12.7 Å². The van der Waals surface area contributed by atoms with E-state index in [1.54, 1.807) is 6.92 Å². The predicted molar refractivity (Wildman–Crippen MR) is 177 cm³/mol. The van der Waals surface area contributed by atoms with E-state index in [2.05, 4.69) is 35.7 Å². The van der Waals surface area contributed by atoms with Gasteiger partial charge in [0.1, 0.15) is 12.4 Å². The van der Waals surface area contributed by atoms with E-state index < -0.39 is 37.2 Å². The van der Waals surface area contributed by atoms with Gasteiger partial charge in [-0.2, -0.15) is 39.5 Å². The second-order valence-corrected chi connectivity index (χ2v) is 15.8. The number of nitrogens with zero attached hydrogens (tertiary/aromatic N) is 1. The standard InChI is InChI=1S/C36H50F9NO4S/c1-24(47)51-22-7-5-4-6-17-46(3)18-21-48-26-10-12-27-25(23-26)9-11-29-28(27)15-16-32(2)30(29)13-14-31(32)49-19-8-20-50-33(34(37,38)39,35(40,41)42)36(43,44)45/h10,12,23,28-31H,4-9,11,13-22H2,1-3H3/t28-,29-,30+,31+,32+/m1/s1. The Morgan fingerprint density at radius 2 is 1.55 bits per heavy atom. The van der Waals surface area contributed by atoms with Crippen molar-refractivity contribution in [1.82, 2.24) is 4.90 Å². The van der Waals surface area contributed by atoms with Gasteiger partial charge in [-0.3, -0.25) is 4.79 Å². The molecule has 15 heteroatoms. The van der Waals surface area contributed by atoms with Crippen molar-refractivity contribution in [3.8, 4) is 5.75 Å². The van der Waals surface area contributed by atoms with E-state index in [9.17, 15) is 44.3 Å². The number of likely N-dealkylation sites (N-methyl/N-ethyl adjacent to an activating group) is 1. The van der Waals surface area contributed by atoms with E-state index in [1.165, 1.54) is 22.9 Å². The molecule has 4 rings (SSSR count). The van der Waals surface area contributed by atoms with E-state index in [0.29, 0.717) is 30.8 Å². The summed E-state index contributed by atoms with van der Waals surface area (Å²) in [6, 6.07) is 6.35. The second-order valence-electron chi connectivity index (χ2n) is 14.5. The fraction of sp³-hybridized carbons (Fsp3) is 0.806. The summed E-state index contributed by atoms with van der Waals surface area (Å²) < 4.78 is 134. The van der Waals surface area contributed by atoms with Crippen LogP contribution >= 0.6 is 11.8 Å². The first kappa shape index (κ1) is 42.0. The first-order valence-electron chi connectivity index (χ1n) is 17.8. The molecule has 0 radical (unpaired) electrons. The molecule has 3 aliphatic carbocycles. The Bertz CT molecular complexity index is 1250. The van der Waals surface area contributed by atoms with Crippen molar-refractivity contribution in [2.75, 3.05) is 45.7 Å². The maximum absolute atomic E-state index is 13.2. The van der Waals surface area contributed by atoms with E-state index in [-0.39, 0.29) is 23.2 Å². The topological polar surface area (TPSA) is 48.0 Å². The Labute approximate surface area is 298 Å². The van der Waals surface area contributed by atoms with Crippen molar-refractivity contribution in [2.24, 2.45) is 17.3 Å². The fourth-order valence-electron chi connectivity index (χ4n) is 8.60. The van der Waals surface area contributed by atoms with Crippen LogP contribution in [0.2, 0.25) is 0 Å². The van der Waals surface area contributed by atoms with Gasteiger partial charge in [0, 0.05) is 25.8 Å². The monoisotopic (exact) mass is 763 g/mol. The van der Waals surface area contributed by atoms with E-state index in [0.717, 1.165) is 82.4 Å². The highest BCUT2D eigenvalue weighted by Crippen LogP contribution is 2.62. The van der Waals surface area contributed by atoms with Crippen molar-refractivity contribution in [3.63, 3.8) is 0 Å². The zero-order valence-corrected chi connectivity index (χ0v) is 30.3. The molecular weight excluding hydrogens is 713 g/mol. The summed E-state index contributed by atoms with van der Waals surface area (Å²) in [5, 5.41) is 0.168. The number of halogens is 9. The van der Waals surface area contributed by atoms with Crippen LogP contribution in [-0.4, -0.2) is 86.0 Å². The van der Waals surface area contributed by atoms with Crippen LogP contribution in [0.1, 0.15) is 95.1 Å². The van der Waals surface area contributed by atoms with Gasteiger partial charge < -0.3 is 19.1 Å². The van der Waals surface area contributed by atoms with Gasteiger partial charge in [0.2, 0.25) is 0 Å². The molecule has 5 nitrogen and oxygen atoms in total. The summed E-state index contributed by atoms with van der Waals surface area (Å²) in [6.07, 6.45) is -11.5. The van der Waals surface area contributed by atoms with Crippen molar-refractivity contribution < 1.29 is 58.5 Å². The van der Waals surface area contributed by atoms with Crippen LogP contribution in [0, 0.1) is 17.3 Å².